The third-order valence-corrected chi connectivity index (χ3v) is 6.17. The van der Waals surface area contributed by atoms with Crippen molar-refractivity contribution in [2.45, 2.75) is 44.2 Å². The molecule has 2 N–H and O–H groups in total. The van der Waals surface area contributed by atoms with Gasteiger partial charge in [0.2, 0.25) is 0 Å². The Morgan fingerprint density at radius 1 is 1.32 bits per heavy atom. The van der Waals surface area contributed by atoms with Gasteiger partial charge in [-0.05, 0) is 43.4 Å². The van der Waals surface area contributed by atoms with Crippen LogP contribution in [0.1, 0.15) is 31.2 Å². The van der Waals surface area contributed by atoms with E-state index in [9.17, 15) is 4.39 Å². The monoisotopic (exact) mass is 459 g/mol. The first-order chi connectivity index (χ1) is 11.7. The number of hydrogen-bond donors (Lipinski definition) is 2. The molecule has 1 aromatic rings. The van der Waals surface area contributed by atoms with Crippen molar-refractivity contribution in [2.75, 3.05) is 20.2 Å². The van der Waals surface area contributed by atoms with Crippen molar-refractivity contribution in [3.63, 3.8) is 0 Å². The summed E-state index contributed by atoms with van der Waals surface area (Å²) in [7, 11) is 1.82. The molecule has 1 aliphatic heterocycles. The van der Waals surface area contributed by atoms with Crippen LogP contribution >= 0.6 is 24.0 Å². The van der Waals surface area contributed by atoms with Crippen LogP contribution in [0.2, 0.25) is 0 Å². The summed E-state index contributed by atoms with van der Waals surface area (Å²) in [4.78, 5) is 4.39. The van der Waals surface area contributed by atoms with E-state index in [2.05, 4.69) is 15.6 Å². The zero-order valence-electron chi connectivity index (χ0n) is 14.6. The number of aliphatic imine (C=N–C) groups is 1. The van der Waals surface area contributed by atoms with Crippen molar-refractivity contribution in [1.29, 1.82) is 0 Å². The van der Waals surface area contributed by atoms with E-state index in [1.807, 2.05) is 19.2 Å². The molecule has 1 heterocycles. The van der Waals surface area contributed by atoms with Crippen molar-refractivity contribution in [1.82, 2.24) is 10.6 Å². The van der Waals surface area contributed by atoms with Gasteiger partial charge in [-0.2, -0.15) is 0 Å². The second-order valence-corrected chi connectivity index (χ2v) is 7.33. The Morgan fingerprint density at radius 3 is 2.72 bits per heavy atom. The quantitative estimate of drug-likeness (QED) is 0.414. The minimum atomic E-state index is -0.187. The molecule has 0 aromatic heterocycles. The van der Waals surface area contributed by atoms with E-state index in [0.29, 0.717) is 23.5 Å². The fraction of sp³-hybridized carbons (Fsp3) is 0.632. The van der Waals surface area contributed by atoms with Crippen LogP contribution in [0.4, 0.5) is 4.39 Å². The highest BCUT2D eigenvalue weighted by atomic mass is 127. The van der Waals surface area contributed by atoms with Crippen LogP contribution in [0.25, 0.3) is 0 Å². The summed E-state index contributed by atoms with van der Waals surface area (Å²) in [6.45, 7) is 1.70. The molecule has 25 heavy (non-hydrogen) atoms. The van der Waals surface area contributed by atoms with E-state index in [1.165, 1.54) is 31.4 Å². The standard InChI is InChI=1S/C19H26FN3O.HI/c1-21-18(22-11-7-13-3-5-14(20)6-4-13)23-16-15-8-12-24-17(15)19(16)9-2-10-19;/h3-6,15-17H,2,7-12H2,1H3,(H2,21,22,23);1H. The Morgan fingerprint density at radius 2 is 2.08 bits per heavy atom. The average Bonchev–Trinajstić information content (AvgIpc) is 2.96. The van der Waals surface area contributed by atoms with E-state index < -0.39 is 0 Å². The van der Waals surface area contributed by atoms with Gasteiger partial charge in [-0.1, -0.05) is 18.6 Å². The molecule has 4 nitrogen and oxygen atoms in total. The fourth-order valence-electron chi connectivity index (χ4n) is 4.77. The lowest BCUT2D eigenvalue weighted by molar-refractivity contribution is -0.171. The smallest absolute Gasteiger partial charge is 0.191 e. The van der Waals surface area contributed by atoms with Gasteiger partial charge in [0.05, 0.1) is 6.10 Å². The van der Waals surface area contributed by atoms with E-state index in [4.69, 9.17) is 4.74 Å². The number of rotatable bonds is 4. The lowest BCUT2D eigenvalue weighted by Gasteiger charge is -2.63. The maximum absolute atomic E-state index is 12.9. The lowest BCUT2D eigenvalue weighted by atomic mass is 9.46. The number of nitrogens with zero attached hydrogens (tertiary/aromatic N) is 1. The molecule has 4 rings (SSSR count). The lowest BCUT2D eigenvalue weighted by Crippen LogP contribution is -2.72. The van der Waals surface area contributed by atoms with Gasteiger partial charge in [-0.15, -0.1) is 24.0 Å². The molecule has 3 fully saturated rings. The molecule has 0 radical (unpaired) electrons. The molecule has 3 aliphatic rings. The van der Waals surface area contributed by atoms with Crippen LogP contribution in [0.3, 0.4) is 0 Å². The third-order valence-electron chi connectivity index (χ3n) is 6.17. The molecule has 2 saturated carbocycles. The van der Waals surface area contributed by atoms with Crippen LogP contribution in [0.5, 0.6) is 0 Å². The number of benzene rings is 1. The second kappa shape index (κ2) is 7.78. The first kappa shape index (κ1) is 18.9. The Bertz CT molecular complexity index is 618. The van der Waals surface area contributed by atoms with E-state index in [1.54, 1.807) is 0 Å². The van der Waals surface area contributed by atoms with Gasteiger partial charge >= 0.3 is 0 Å². The van der Waals surface area contributed by atoms with Crippen LogP contribution in [0, 0.1) is 17.2 Å². The molecular weight excluding hydrogens is 432 g/mol. The predicted molar refractivity (Wildman–Crippen MR) is 108 cm³/mol. The summed E-state index contributed by atoms with van der Waals surface area (Å²) < 4.78 is 18.9. The molecule has 0 bridgehead atoms. The fourth-order valence-corrected chi connectivity index (χ4v) is 4.77. The second-order valence-electron chi connectivity index (χ2n) is 7.33. The highest BCUT2D eigenvalue weighted by Crippen LogP contribution is 2.62. The summed E-state index contributed by atoms with van der Waals surface area (Å²) in [5, 5.41) is 7.06. The number of fused-ring (bicyclic) bond motifs is 2. The van der Waals surface area contributed by atoms with Crippen LogP contribution in [-0.4, -0.2) is 38.3 Å². The van der Waals surface area contributed by atoms with Crippen molar-refractivity contribution < 1.29 is 9.13 Å². The number of nitrogens with one attached hydrogen (secondary N) is 2. The zero-order valence-corrected chi connectivity index (χ0v) is 17.0. The highest BCUT2D eigenvalue weighted by molar-refractivity contribution is 14.0. The van der Waals surface area contributed by atoms with Gasteiger partial charge in [0.25, 0.3) is 0 Å². The molecule has 1 saturated heterocycles. The minimum absolute atomic E-state index is 0. The topological polar surface area (TPSA) is 45.7 Å². The van der Waals surface area contributed by atoms with E-state index >= 15 is 0 Å². The Balaban J connectivity index is 0.00000182. The summed E-state index contributed by atoms with van der Waals surface area (Å²) in [5.74, 6) is 1.33. The molecule has 6 heteroatoms. The van der Waals surface area contributed by atoms with Crippen molar-refractivity contribution in [3.8, 4) is 0 Å². The average molecular weight is 459 g/mol. The van der Waals surface area contributed by atoms with Gasteiger partial charge in [0, 0.05) is 37.6 Å². The van der Waals surface area contributed by atoms with Crippen molar-refractivity contribution in [2.24, 2.45) is 16.3 Å². The molecule has 0 amide bonds. The van der Waals surface area contributed by atoms with Gasteiger partial charge in [-0.3, -0.25) is 4.99 Å². The third kappa shape index (κ3) is 3.39. The zero-order chi connectivity index (χ0) is 16.6. The van der Waals surface area contributed by atoms with Gasteiger partial charge in [0.1, 0.15) is 5.82 Å². The molecule has 1 spiro atoms. The predicted octanol–water partition coefficient (Wildman–Crippen LogP) is 3.11. The normalized spacial score (nSPS) is 29.2. The molecule has 1 aromatic carbocycles. The summed E-state index contributed by atoms with van der Waals surface area (Å²) >= 11 is 0. The SMILES string of the molecule is CN=C(NCCc1ccc(F)cc1)NC1C2CCOC2C12CCC2.I. The summed E-state index contributed by atoms with van der Waals surface area (Å²) in [6.07, 6.45) is 6.36. The van der Waals surface area contributed by atoms with Crippen LogP contribution in [-0.2, 0) is 11.2 Å². The van der Waals surface area contributed by atoms with Crippen LogP contribution < -0.4 is 10.6 Å². The van der Waals surface area contributed by atoms with Crippen molar-refractivity contribution in [3.05, 3.63) is 35.6 Å². The molecule has 3 atom stereocenters. The van der Waals surface area contributed by atoms with Gasteiger partial charge < -0.3 is 15.4 Å². The Labute approximate surface area is 166 Å². The van der Waals surface area contributed by atoms with E-state index in [-0.39, 0.29) is 29.8 Å². The number of ether oxygens (including phenoxy) is 1. The van der Waals surface area contributed by atoms with Crippen LogP contribution in [0.15, 0.2) is 29.3 Å². The molecular formula is C19H27FIN3O. The number of halogens is 2. The minimum Gasteiger partial charge on any atom is -0.377 e. The summed E-state index contributed by atoms with van der Waals surface area (Å²) in [6, 6.07) is 7.19. The number of guanidine groups is 1. The first-order valence-electron chi connectivity index (χ1n) is 9.06. The highest BCUT2D eigenvalue weighted by Gasteiger charge is 2.66. The van der Waals surface area contributed by atoms with Gasteiger partial charge in [-0.25, -0.2) is 4.39 Å². The molecule has 3 unspecified atom stereocenters. The maximum Gasteiger partial charge on any atom is 0.191 e. The van der Waals surface area contributed by atoms with Gasteiger partial charge in [0.15, 0.2) is 5.96 Å². The van der Waals surface area contributed by atoms with E-state index in [0.717, 1.165) is 37.5 Å². The Kier molecular flexibility index (Phi) is 5.88. The summed E-state index contributed by atoms with van der Waals surface area (Å²) in [5.41, 5.74) is 1.48. The Hall–Kier alpha value is -0.890. The largest absolute Gasteiger partial charge is 0.377 e. The molecule has 138 valence electrons. The first-order valence-corrected chi connectivity index (χ1v) is 9.06. The van der Waals surface area contributed by atoms with Crippen molar-refractivity contribution >= 4 is 29.9 Å². The maximum atomic E-state index is 12.9. The number of hydrogen-bond acceptors (Lipinski definition) is 2. The molecule has 2 aliphatic carbocycles.